The first-order valence-electron chi connectivity index (χ1n) is 9.77. The van der Waals surface area contributed by atoms with Crippen molar-refractivity contribution in [3.63, 3.8) is 0 Å². The Hall–Kier alpha value is -2.25. The van der Waals surface area contributed by atoms with Gasteiger partial charge in [0.05, 0.1) is 18.7 Å². The van der Waals surface area contributed by atoms with E-state index in [0.29, 0.717) is 18.0 Å². The molecule has 144 valence electrons. The molecule has 0 spiro atoms. The normalized spacial score (nSPS) is 22.1. The standard InChI is InChI=1S/C20H26N4O3/c25-16-6-10-23(11-7-16)14-17-12-18(22-27-17)20(26)24-9-2-1-5-19(24)15-4-3-8-21-13-15/h3-4,8,12-13,16,19,25H,1-2,5-7,9-11,14H2. The van der Waals surface area contributed by atoms with E-state index in [9.17, 15) is 9.90 Å². The van der Waals surface area contributed by atoms with Crippen LogP contribution in [0.25, 0.3) is 0 Å². The highest BCUT2D eigenvalue weighted by molar-refractivity contribution is 5.92. The lowest BCUT2D eigenvalue weighted by Gasteiger charge is -2.35. The van der Waals surface area contributed by atoms with Gasteiger partial charge in [-0.1, -0.05) is 11.2 Å². The van der Waals surface area contributed by atoms with Crippen LogP contribution >= 0.6 is 0 Å². The highest BCUT2D eigenvalue weighted by Crippen LogP contribution is 2.31. The predicted octanol–water partition coefficient (Wildman–Crippen LogP) is 2.39. The van der Waals surface area contributed by atoms with Gasteiger partial charge in [-0.3, -0.25) is 14.7 Å². The van der Waals surface area contributed by atoms with Crippen molar-refractivity contribution in [2.75, 3.05) is 19.6 Å². The zero-order valence-corrected chi connectivity index (χ0v) is 15.5. The third-order valence-corrected chi connectivity index (χ3v) is 5.55. The topological polar surface area (TPSA) is 82.7 Å². The lowest BCUT2D eigenvalue weighted by Crippen LogP contribution is -2.38. The Bertz CT molecular complexity index is 756. The van der Waals surface area contributed by atoms with E-state index >= 15 is 0 Å². The maximum absolute atomic E-state index is 13.1. The van der Waals surface area contributed by atoms with Crippen LogP contribution in [0.4, 0.5) is 0 Å². The molecule has 1 N–H and O–H groups in total. The zero-order chi connectivity index (χ0) is 18.6. The van der Waals surface area contributed by atoms with E-state index in [1.54, 1.807) is 12.3 Å². The average Bonchev–Trinajstić information content (AvgIpc) is 3.18. The smallest absolute Gasteiger partial charge is 0.276 e. The summed E-state index contributed by atoms with van der Waals surface area (Å²) < 4.78 is 5.43. The molecule has 2 saturated heterocycles. The van der Waals surface area contributed by atoms with Gasteiger partial charge >= 0.3 is 0 Å². The summed E-state index contributed by atoms with van der Waals surface area (Å²) in [6.45, 7) is 3.02. The minimum absolute atomic E-state index is 0.0451. The summed E-state index contributed by atoms with van der Waals surface area (Å²) in [5.74, 6) is 0.622. The molecule has 1 atom stereocenters. The summed E-state index contributed by atoms with van der Waals surface area (Å²) in [4.78, 5) is 21.4. The first-order chi connectivity index (χ1) is 13.2. The minimum Gasteiger partial charge on any atom is -0.393 e. The van der Waals surface area contributed by atoms with Crippen LogP contribution in [0.1, 0.15) is 60.0 Å². The molecule has 4 heterocycles. The van der Waals surface area contributed by atoms with Crippen LogP contribution in [-0.4, -0.2) is 56.7 Å². The molecule has 1 unspecified atom stereocenters. The molecule has 2 aliphatic rings. The van der Waals surface area contributed by atoms with E-state index in [1.165, 1.54) is 0 Å². The van der Waals surface area contributed by atoms with E-state index in [2.05, 4.69) is 15.0 Å². The van der Waals surface area contributed by atoms with Crippen molar-refractivity contribution in [2.45, 2.75) is 50.8 Å². The van der Waals surface area contributed by atoms with Crippen LogP contribution in [0.15, 0.2) is 35.1 Å². The lowest BCUT2D eigenvalue weighted by atomic mass is 9.96. The van der Waals surface area contributed by atoms with E-state index in [-0.39, 0.29) is 18.1 Å². The fourth-order valence-electron chi connectivity index (χ4n) is 4.03. The number of likely N-dealkylation sites (tertiary alicyclic amines) is 2. The monoisotopic (exact) mass is 370 g/mol. The molecule has 27 heavy (non-hydrogen) atoms. The van der Waals surface area contributed by atoms with Crippen molar-refractivity contribution >= 4 is 5.91 Å². The van der Waals surface area contributed by atoms with E-state index in [4.69, 9.17) is 4.52 Å². The number of aromatic nitrogens is 2. The van der Waals surface area contributed by atoms with Gasteiger partial charge in [-0.15, -0.1) is 0 Å². The molecule has 2 aromatic heterocycles. The molecule has 2 aromatic rings. The van der Waals surface area contributed by atoms with Gasteiger partial charge in [0.25, 0.3) is 5.91 Å². The molecular weight excluding hydrogens is 344 g/mol. The van der Waals surface area contributed by atoms with Gasteiger partial charge < -0.3 is 14.5 Å². The molecule has 0 saturated carbocycles. The third-order valence-electron chi connectivity index (χ3n) is 5.55. The summed E-state index contributed by atoms with van der Waals surface area (Å²) in [7, 11) is 0. The first-order valence-corrected chi connectivity index (χ1v) is 9.77. The molecule has 0 bridgehead atoms. The number of piperidine rings is 2. The third kappa shape index (κ3) is 4.20. The van der Waals surface area contributed by atoms with Crippen molar-refractivity contribution < 1.29 is 14.4 Å². The molecule has 4 rings (SSSR count). The van der Waals surface area contributed by atoms with Gasteiger partial charge in [-0.2, -0.15) is 0 Å². The Labute approximate surface area is 159 Å². The fourth-order valence-corrected chi connectivity index (χ4v) is 4.03. The number of rotatable bonds is 4. The van der Waals surface area contributed by atoms with Gasteiger partial charge in [0, 0.05) is 38.1 Å². The molecule has 7 nitrogen and oxygen atoms in total. The van der Waals surface area contributed by atoms with Gasteiger partial charge in [0.2, 0.25) is 0 Å². The highest BCUT2D eigenvalue weighted by atomic mass is 16.5. The van der Waals surface area contributed by atoms with Crippen molar-refractivity contribution in [3.05, 3.63) is 47.6 Å². The van der Waals surface area contributed by atoms with E-state index in [1.807, 2.05) is 23.2 Å². The Kier molecular flexibility index (Phi) is 5.50. The predicted molar refractivity (Wildman–Crippen MR) is 98.9 cm³/mol. The Morgan fingerprint density at radius 3 is 2.85 bits per heavy atom. The number of hydrogen-bond donors (Lipinski definition) is 1. The van der Waals surface area contributed by atoms with Crippen molar-refractivity contribution in [3.8, 4) is 0 Å². The summed E-state index contributed by atoms with van der Waals surface area (Å²) >= 11 is 0. The van der Waals surface area contributed by atoms with Crippen molar-refractivity contribution in [2.24, 2.45) is 0 Å². The Morgan fingerprint density at radius 2 is 2.07 bits per heavy atom. The highest BCUT2D eigenvalue weighted by Gasteiger charge is 2.30. The summed E-state index contributed by atoms with van der Waals surface area (Å²) in [5, 5.41) is 13.7. The second kappa shape index (κ2) is 8.19. The van der Waals surface area contributed by atoms with Crippen LogP contribution in [-0.2, 0) is 6.54 Å². The minimum atomic E-state index is -0.198. The molecule has 2 aliphatic heterocycles. The first kappa shape index (κ1) is 18.1. The molecule has 1 amide bonds. The van der Waals surface area contributed by atoms with E-state index in [0.717, 1.165) is 57.3 Å². The van der Waals surface area contributed by atoms with Crippen molar-refractivity contribution in [1.82, 2.24) is 19.9 Å². The van der Waals surface area contributed by atoms with Crippen molar-refractivity contribution in [1.29, 1.82) is 0 Å². The average molecular weight is 370 g/mol. The van der Waals surface area contributed by atoms with Gasteiger partial charge in [0.15, 0.2) is 11.5 Å². The molecule has 2 fully saturated rings. The van der Waals surface area contributed by atoms with Gasteiger partial charge in [0.1, 0.15) is 0 Å². The second-order valence-electron chi connectivity index (χ2n) is 7.48. The summed E-state index contributed by atoms with van der Waals surface area (Å²) in [6.07, 6.45) is 8.00. The molecule has 0 aliphatic carbocycles. The number of aliphatic hydroxyl groups excluding tert-OH is 1. The number of hydrogen-bond acceptors (Lipinski definition) is 6. The maximum Gasteiger partial charge on any atom is 0.276 e. The molecule has 0 aromatic carbocycles. The SMILES string of the molecule is O=C(c1cc(CN2CCC(O)CC2)on1)N1CCCCC1c1cccnc1. The number of nitrogens with zero attached hydrogens (tertiary/aromatic N) is 4. The summed E-state index contributed by atoms with van der Waals surface area (Å²) in [6, 6.07) is 5.75. The lowest BCUT2D eigenvalue weighted by molar-refractivity contribution is 0.0599. The van der Waals surface area contributed by atoms with Gasteiger partial charge in [-0.25, -0.2) is 0 Å². The number of carbonyl (C=O) groups is 1. The van der Waals surface area contributed by atoms with Gasteiger partial charge in [-0.05, 0) is 43.7 Å². The number of amides is 1. The summed E-state index contributed by atoms with van der Waals surface area (Å²) in [5.41, 5.74) is 1.44. The van der Waals surface area contributed by atoms with E-state index < -0.39 is 0 Å². The number of aliphatic hydroxyl groups is 1. The van der Waals surface area contributed by atoms with Crippen LogP contribution in [0.2, 0.25) is 0 Å². The number of carbonyl (C=O) groups excluding carboxylic acids is 1. The van der Waals surface area contributed by atoms with Crippen LogP contribution in [0, 0.1) is 0 Å². The maximum atomic E-state index is 13.1. The second-order valence-corrected chi connectivity index (χ2v) is 7.48. The number of pyridine rings is 1. The van der Waals surface area contributed by atoms with Crippen LogP contribution in [0.3, 0.4) is 0 Å². The van der Waals surface area contributed by atoms with Crippen LogP contribution in [0.5, 0.6) is 0 Å². The largest absolute Gasteiger partial charge is 0.393 e. The molecule has 0 radical (unpaired) electrons. The zero-order valence-electron chi connectivity index (χ0n) is 15.5. The van der Waals surface area contributed by atoms with Crippen LogP contribution < -0.4 is 0 Å². The Morgan fingerprint density at radius 1 is 1.22 bits per heavy atom. The Balaban J connectivity index is 1.44. The molecule has 7 heteroatoms. The fraction of sp³-hybridized carbons (Fsp3) is 0.550. The quantitative estimate of drug-likeness (QED) is 0.890. The molecular formula is C20H26N4O3.